The number of anilines is 2. The maximum atomic E-state index is 13.4. The van der Waals surface area contributed by atoms with Crippen LogP contribution in [0.25, 0.3) is 6.08 Å². The number of hydrogen-bond donors (Lipinski definition) is 3. The third-order valence-corrected chi connectivity index (χ3v) is 7.09. The summed E-state index contributed by atoms with van der Waals surface area (Å²) >= 11 is 7.07. The summed E-state index contributed by atoms with van der Waals surface area (Å²) in [5, 5.41) is 7.51. The van der Waals surface area contributed by atoms with Crippen molar-refractivity contribution >= 4 is 58.5 Å². The van der Waals surface area contributed by atoms with E-state index in [4.69, 9.17) is 11.6 Å². The molecule has 0 fully saturated rings. The van der Waals surface area contributed by atoms with Crippen molar-refractivity contribution in [3.05, 3.63) is 131 Å². The molecule has 0 radical (unpaired) electrons. The number of hydrogen-bond acceptors (Lipinski definition) is 4. The summed E-state index contributed by atoms with van der Waals surface area (Å²) in [6, 6.07) is 24.7. The second-order valence-corrected chi connectivity index (χ2v) is 10.6. The zero-order chi connectivity index (χ0) is 29.4. The van der Waals surface area contributed by atoms with Crippen LogP contribution < -0.4 is 16.0 Å². The molecule has 4 aromatic rings. The first-order valence-electron chi connectivity index (χ1n) is 12.4. The summed E-state index contributed by atoms with van der Waals surface area (Å²) in [5.41, 5.74) is 1.70. The Balaban J connectivity index is 1.42. The molecule has 0 aliphatic rings. The number of benzene rings is 4. The van der Waals surface area contributed by atoms with Crippen LogP contribution in [0.15, 0.2) is 108 Å². The monoisotopic (exact) mass is 591 g/mol. The fourth-order valence-electron chi connectivity index (χ4n) is 3.56. The van der Waals surface area contributed by atoms with E-state index in [9.17, 15) is 23.2 Å². The smallest absolute Gasteiger partial charge is 0.272 e. The van der Waals surface area contributed by atoms with Crippen molar-refractivity contribution in [3.8, 4) is 0 Å². The molecule has 0 aromatic heterocycles. The van der Waals surface area contributed by atoms with Gasteiger partial charge in [-0.3, -0.25) is 14.4 Å². The fourth-order valence-corrected chi connectivity index (χ4v) is 4.61. The van der Waals surface area contributed by atoms with Crippen molar-refractivity contribution in [1.82, 2.24) is 5.32 Å². The molecule has 3 amide bonds. The highest BCUT2D eigenvalue weighted by atomic mass is 35.5. The van der Waals surface area contributed by atoms with E-state index in [1.165, 1.54) is 60.3 Å². The van der Waals surface area contributed by atoms with E-state index in [1.54, 1.807) is 61.5 Å². The molecule has 1 unspecified atom stereocenters. The van der Waals surface area contributed by atoms with Crippen LogP contribution in [0.2, 0.25) is 5.02 Å². The Bertz CT molecular complexity index is 1580. The average Bonchev–Trinajstić information content (AvgIpc) is 2.97. The molecule has 1 atom stereocenters. The number of halogens is 3. The van der Waals surface area contributed by atoms with Crippen molar-refractivity contribution in [1.29, 1.82) is 0 Å². The van der Waals surface area contributed by atoms with Gasteiger partial charge in [0.1, 0.15) is 17.3 Å². The van der Waals surface area contributed by atoms with E-state index >= 15 is 0 Å². The zero-order valence-corrected chi connectivity index (χ0v) is 23.2. The van der Waals surface area contributed by atoms with Gasteiger partial charge in [0.25, 0.3) is 11.8 Å². The second kappa shape index (κ2) is 13.7. The Hall–Kier alpha value is -4.47. The number of carbonyl (C=O) groups excluding carboxylic acids is 3. The van der Waals surface area contributed by atoms with Gasteiger partial charge in [-0.25, -0.2) is 8.78 Å². The third kappa shape index (κ3) is 8.51. The maximum Gasteiger partial charge on any atom is 0.272 e. The number of carbonyl (C=O) groups is 3. The first kappa shape index (κ1) is 29.5. The van der Waals surface area contributed by atoms with E-state index in [1.807, 2.05) is 0 Å². The van der Waals surface area contributed by atoms with Crippen LogP contribution in [-0.4, -0.2) is 23.0 Å². The lowest BCUT2D eigenvalue weighted by Gasteiger charge is -2.14. The topological polar surface area (TPSA) is 87.3 Å². The lowest BCUT2D eigenvalue weighted by molar-refractivity contribution is -0.115. The van der Waals surface area contributed by atoms with Crippen molar-refractivity contribution in [2.24, 2.45) is 0 Å². The van der Waals surface area contributed by atoms with Gasteiger partial charge in [0.15, 0.2) is 0 Å². The van der Waals surface area contributed by atoms with Crippen LogP contribution in [-0.2, 0) is 9.59 Å². The Morgan fingerprint density at radius 1 is 0.829 bits per heavy atom. The van der Waals surface area contributed by atoms with Crippen LogP contribution in [0.5, 0.6) is 0 Å². The zero-order valence-electron chi connectivity index (χ0n) is 21.7. The molecular weight excluding hydrogens is 568 g/mol. The summed E-state index contributed by atoms with van der Waals surface area (Å²) < 4.78 is 26.7. The van der Waals surface area contributed by atoms with E-state index in [0.29, 0.717) is 22.5 Å². The predicted molar refractivity (Wildman–Crippen MR) is 159 cm³/mol. The van der Waals surface area contributed by atoms with Gasteiger partial charge < -0.3 is 16.0 Å². The van der Waals surface area contributed by atoms with Gasteiger partial charge in [-0.2, -0.15) is 0 Å². The molecule has 0 aliphatic heterocycles. The first-order valence-corrected chi connectivity index (χ1v) is 13.6. The summed E-state index contributed by atoms with van der Waals surface area (Å²) in [4.78, 5) is 39.3. The predicted octanol–water partition coefficient (Wildman–Crippen LogP) is 7.15. The lowest BCUT2D eigenvalue weighted by Crippen LogP contribution is -2.30. The standard InChI is InChI=1S/C31H24ClF2N3O3S/c1-19(29(38)36-24-13-16-27(34)26(32)18-24)41-25-14-11-23(12-15-25)35-31(40)28(17-20-7-9-22(33)10-8-20)37-30(39)21-5-3-2-4-6-21/h2-19H,1H3,(H,35,40)(H,36,38)(H,37,39)/b28-17-. The van der Waals surface area contributed by atoms with E-state index in [-0.39, 0.29) is 16.6 Å². The molecule has 4 aromatic carbocycles. The third-order valence-electron chi connectivity index (χ3n) is 5.69. The molecule has 6 nitrogen and oxygen atoms in total. The van der Waals surface area contributed by atoms with Crippen LogP contribution in [0.3, 0.4) is 0 Å². The Kier molecular flexibility index (Phi) is 9.89. The number of thioether (sulfide) groups is 1. The van der Waals surface area contributed by atoms with Gasteiger partial charge in [-0.15, -0.1) is 11.8 Å². The Labute approximate surface area is 244 Å². The normalized spacial score (nSPS) is 11.9. The largest absolute Gasteiger partial charge is 0.325 e. The summed E-state index contributed by atoms with van der Waals surface area (Å²) in [6.45, 7) is 1.72. The molecule has 0 saturated heterocycles. The number of amides is 3. The van der Waals surface area contributed by atoms with Crippen molar-refractivity contribution in [2.45, 2.75) is 17.1 Å². The summed E-state index contributed by atoms with van der Waals surface area (Å²) in [6.07, 6.45) is 1.45. The minimum absolute atomic E-state index is 0.0323. The molecule has 0 heterocycles. The fraction of sp³-hybridized carbons (Fsp3) is 0.0645. The molecule has 10 heteroatoms. The highest BCUT2D eigenvalue weighted by molar-refractivity contribution is 8.00. The highest BCUT2D eigenvalue weighted by Gasteiger charge is 2.17. The van der Waals surface area contributed by atoms with Crippen LogP contribution >= 0.6 is 23.4 Å². The first-order chi connectivity index (χ1) is 19.7. The molecule has 4 rings (SSSR count). The molecule has 0 saturated carbocycles. The molecule has 0 bridgehead atoms. The van der Waals surface area contributed by atoms with Crippen LogP contribution in [0.4, 0.5) is 20.2 Å². The lowest BCUT2D eigenvalue weighted by atomic mass is 10.1. The van der Waals surface area contributed by atoms with Gasteiger partial charge in [-0.05, 0) is 85.3 Å². The van der Waals surface area contributed by atoms with E-state index in [0.717, 1.165) is 4.90 Å². The van der Waals surface area contributed by atoms with Crippen molar-refractivity contribution in [3.63, 3.8) is 0 Å². The SMILES string of the molecule is CC(Sc1ccc(NC(=O)/C(=C/c2ccc(F)cc2)NC(=O)c2ccccc2)cc1)C(=O)Nc1ccc(F)c(Cl)c1. The molecule has 0 aliphatic carbocycles. The van der Waals surface area contributed by atoms with Crippen LogP contribution in [0.1, 0.15) is 22.8 Å². The summed E-state index contributed by atoms with van der Waals surface area (Å²) in [5.74, 6) is -2.34. The van der Waals surface area contributed by atoms with Gasteiger partial charge >= 0.3 is 0 Å². The maximum absolute atomic E-state index is 13.4. The van der Waals surface area contributed by atoms with Gasteiger partial charge in [-0.1, -0.05) is 41.9 Å². The minimum Gasteiger partial charge on any atom is -0.325 e. The molecule has 3 N–H and O–H groups in total. The average molecular weight is 592 g/mol. The molecule has 0 spiro atoms. The Morgan fingerprint density at radius 2 is 1.49 bits per heavy atom. The highest BCUT2D eigenvalue weighted by Crippen LogP contribution is 2.27. The number of nitrogens with one attached hydrogen (secondary N) is 3. The number of rotatable bonds is 9. The minimum atomic E-state index is -0.579. The second-order valence-electron chi connectivity index (χ2n) is 8.79. The van der Waals surface area contributed by atoms with Gasteiger partial charge in [0.2, 0.25) is 5.91 Å². The molecule has 41 heavy (non-hydrogen) atoms. The quantitative estimate of drug-likeness (QED) is 0.143. The van der Waals surface area contributed by atoms with Gasteiger partial charge in [0, 0.05) is 21.8 Å². The molecular formula is C31H24ClF2N3O3S. The Morgan fingerprint density at radius 3 is 2.15 bits per heavy atom. The molecule has 208 valence electrons. The van der Waals surface area contributed by atoms with E-state index in [2.05, 4.69) is 16.0 Å². The van der Waals surface area contributed by atoms with Gasteiger partial charge in [0.05, 0.1) is 10.3 Å². The van der Waals surface area contributed by atoms with E-state index < -0.39 is 28.7 Å². The summed E-state index contributed by atoms with van der Waals surface area (Å²) in [7, 11) is 0. The van der Waals surface area contributed by atoms with Crippen molar-refractivity contribution < 1.29 is 23.2 Å². The van der Waals surface area contributed by atoms with Crippen LogP contribution in [0, 0.1) is 11.6 Å². The van der Waals surface area contributed by atoms with Crippen molar-refractivity contribution in [2.75, 3.05) is 10.6 Å².